The first-order valence-electron chi connectivity index (χ1n) is 6.88. The second-order valence-corrected chi connectivity index (χ2v) is 5.04. The lowest BCUT2D eigenvalue weighted by Gasteiger charge is -2.07. The smallest absolute Gasteiger partial charge is 0.336 e. The van der Waals surface area contributed by atoms with Gasteiger partial charge in [0.1, 0.15) is 11.3 Å². The van der Waals surface area contributed by atoms with E-state index < -0.39 is 0 Å². The molecule has 0 atom stereocenters. The van der Waals surface area contributed by atoms with Crippen LogP contribution in [0.1, 0.15) is 43.7 Å². The molecule has 3 heteroatoms. The Bertz CT molecular complexity index is 626. The highest BCUT2D eigenvalue weighted by molar-refractivity contribution is 5.82. The predicted octanol–water partition coefficient (Wildman–Crippen LogP) is 3.93. The number of aryl methyl sites for hydroxylation is 2. The number of hydrogen-bond donors (Lipinski definition) is 1. The summed E-state index contributed by atoms with van der Waals surface area (Å²) in [6.45, 7) is 4.07. The summed E-state index contributed by atoms with van der Waals surface area (Å²) in [5.41, 5.74) is 1.90. The zero-order chi connectivity index (χ0) is 13.8. The maximum atomic E-state index is 11.3. The number of hydrogen-bond acceptors (Lipinski definition) is 3. The highest BCUT2D eigenvalue weighted by atomic mass is 16.4. The molecule has 0 unspecified atom stereocenters. The third-order valence-corrected chi connectivity index (χ3v) is 3.45. The highest BCUT2D eigenvalue weighted by Gasteiger charge is 2.08. The van der Waals surface area contributed by atoms with Crippen LogP contribution in [-0.4, -0.2) is 5.11 Å². The summed E-state index contributed by atoms with van der Waals surface area (Å²) in [7, 11) is 0. The van der Waals surface area contributed by atoms with Crippen molar-refractivity contribution in [3.8, 4) is 5.75 Å². The topological polar surface area (TPSA) is 50.4 Å². The van der Waals surface area contributed by atoms with E-state index >= 15 is 0 Å². The van der Waals surface area contributed by atoms with Crippen LogP contribution in [0.2, 0.25) is 0 Å². The van der Waals surface area contributed by atoms with E-state index in [0.717, 1.165) is 29.4 Å². The Hall–Kier alpha value is -1.77. The molecule has 0 aliphatic carbocycles. The van der Waals surface area contributed by atoms with Gasteiger partial charge in [-0.3, -0.25) is 0 Å². The third kappa shape index (κ3) is 3.16. The van der Waals surface area contributed by atoms with Crippen LogP contribution in [0.4, 0.5) is 0 Å². The normalized spacial score (nSPS) is 11.1. The van der Waals surface area contributed by atoms with Crippen LogP contribution in [0.3, 0.4) is 0 Å². The Morgan fingerprint density at radius 2 is 1.95 bits per heavy atom. The van der Waals surface area contributed by atoms with Crippen molar-refractivity contribution in [2.75, 3.05) is 0 Å². The maximum absolute atomic E-state index is 11.3. The molecule has 0 amide bonds. The Morgan fingerprint density at radius 1 is 1.16 bits per heavy atom. The minimum atomic E-state index is -0.375. The summed E-state index contributed by atoms with van der Waals surface area (Å²) in [6.07, 6.45) is 5.54. The summed E-state index contributed by atoms with van der Waals surface area (Å²) in [5, 5.41) is 10.9. The van der Waals surface area contributed by atoms with Crippen molar-refractivity contribution < 1.29 is 9.52 Å². The zero-order valence-corrected chi connectivity index (χ0v) is 11.5. The molecule has 0 saturated heterocycles. The van der Waals surface area contributed by atoms with Crippen LogP contribution in [0.5, 0.6) is 5.75 Å². The minimum Gasteiger partial charge on any atom is -0.508 e. The summed E-state index contributed by atoms with van der Waals surface area (Å²) < 4.78 is 5.11. The number of rotatable bonds is 5. The SMILES string of the molecule is CCCCCCc1cc2c(C)cc(=O)oc2cc1O. The number of benzene rings is 1. The van der Waals surface area contributed by atoms with E-state index in [0.29, 0.717) is 5.58 Å². The molecule has 0 fully saturated rings. The Morgan fingerprint density at radius 3 is 2.68 bits per heavy atom. The molecule has 19 heavy (non-hydrogen) atoms. The molecule has 3 nitrogen and oxygen atoms in total. The van der Waals surface area contributed by atoms with Crippen molar-refractivity contribution in [1.82, 2.24) is 0 Å². The van der Waals surface area contributed by atoms with Crippen molar-refractivity contribution in [2.45, 2.75) is 46.0 Å². The van der Waals surface area contributed by atoms with Crippen LogP contribution >= 0.6 is 0 Å². The van der Waals surface area contributed by atoms with Crippen molar-refractivity contribution in [3.63, 3.8) is 0 Å². The van der Waals surface area contributed by atoms with Crippen molar-refractivity contribution >= 4 is 11.0 Å². The summed E-state index contributed by atoms with van der Waals surface area (Å²) in [6, 6.07) is 4.98. The van der Waals surface area contributed by atoms with E-state index in [2.05, 4.69) is 6.92 Å². The number of unbranched alkanes of at least 4 members (excludes halogenated alkanes) is 3. The quantitative estimate of drug-likeness (QED) is 0.654. The minimum absolute atomic E-state index is 0.220. The van der Waals surface area contributed by atoms with E-state index in [1.165, 1.54) is 25.3 Å². The number of fused-ring (bicyclic) bond motifs is 1. The molecule has 1 aromatic carbocycles. The van der Waals surface area contributed by atoms with E-state index in [1.807, 2.05) is 13.0 Å². The fraction of sp³-hybridized carbons (Fsp3) is 0.438. The lowest BCUT2D eigenvalue weighted by Crippen LogP contribution is -1.98. The average Bonchev–Trinajstić information content (AvgIpc) is 2.35. The van der Waals surface area contributed by atoms with Gasteiger partial charge < -0.3 is 9.52 Å². The van der Waals surface area contributed by atoms with E-state index in [-0.39, 0.29) is 11.4 Å². The molecule has 102 valence electrons. The zero-order valence-electron chi connectivity index (χ0n) is 11.5. The summed E-state index contributed by atoms with van der Waals surface area (Å²) in [4.78, 5) is 11.3. The number of phenolic OH excluding ortho intramolecular Hbond substituents is 1. The predicted molar refractivity (Wildman–Crippen MR) is 76.7 cm³/mol. The van der Waals surface area contributed by atoms with Gasteiger partial charge in [-0.05, 0) is 37.0 Å². The van der Waals surface area contributed by atoms with Crippen molar-refractivity contribution in [3.05, 3.63) is 39.7 Å². The number of aromatic hydroxyl groups is 1. The largest absolute Gasteiger partial charge is 0.508 e. The fourth-order valence-corrected chi connectivity index (χ4v) is 2.34. The lowest BCUT2D eigenvalue weighted by molar-refractivity contribution is 0.464. The lowest BCUT2D eigenvalue weighted by atomic mass is 10.0. The van der Waals surface area contributed by atoms with Gasteiger partial charge in [0.15, 0.2) is 0 Å². The van der Waals surface area contributed by atoms with Crippen LogP contribution in [0, 0.1) is 6.92 Å². The molecule has 1 N–H and O–H groups in total. The van der Waals surface area contributed by atoms with Gasteiger partial charge in [0, 0.05) is 17.5 Å². The second-order valence-electron chi connectivity index (χ2n) is 5.04. The standard InChI is InChI=1S/C16H20O3/c1-3-4-5-6-7-12-9-13-11(2)8-16(18)19-15(13)10-14(12)17/h8-10,17H,3-7H2,1-2H3. The molecular formula is C16H20O3. The van der Waals surface area contributed by atoms with Gasteiger partial charge in [-0.1, -0.05) is 26.2 Å². The third-order valence-electron chi connectivity index (χ3n) is 3.45. The summed E-state index contributed by atoms with van der Waals surface area (Å²) in [5.74, 6) is 0.220. The van der Waals surface area contributed by atoms with Gasteiger partial charge in [-0.25, -0.2) is 4.79 Å². The molecule has 2 rings (SSSR count). The second kappa shape index (κ2) is 5.91. The van der Waals surface area contributed by atoms with Crippen molar-refractivity contribution in [2.24, 2.45) is 0 Å². The van der Waals surface area contributed by atoms with Gasteiger partial charge in [-0.2, -0.15) is 0 Å². The van der Waals surface area contributed by atoms with Crippen LogP contribution in [0.25, 0.3) is 11.0 Å². The molecule has 0 aliphatic heterocycles. The molecule has 0 bridgehead atoms. The monoisotopic (exact) mass is 260 g/mol. The van der Waals surface area contributed by atoms with Crippen LogP contribution < -0.4 is 5.63 Å². The Labute approximate surface area is 112 Å². The molecule has 1 aromatic heterocycles. The average molecular weight is 260 g/mol. The first-order chi connectivity index (χ1) is 9.11. The van der Waals surface area contributed by atoms with Gasteiger partial charge in [0.05, 0.1) is 0 Å². The molecule has 0 aliphatic rings. The van der Waals surface area contributed by atoms with Gasteiger partial charge in [-0.15, -0.1) is 0 Å². The molecule has 0 radical (unpaired) electrons. The first-order valence-corrected chi connectivity index (χ1v) is 6.88. The Balaban J connectivity index is 2.30. The van der Waals surface area contributed by atoms with E-state index in [9.17, 15) is 9.90 Å². The molecule has 2 aromatic rings. The highest BCUT2D eigenvalue weighted by Crippen LogP contribution is 2.27. The first kappa shape index (κ1) is 13.7. The maximum Gasteiger partial charge on any atom is 0.336 e. The number of phenols is 1. The van der Waals surface area contributed by atoms with Crippen LogP contribution in [-0.2, 0) is 6.42 Å². The molecular weight excluding hydrogens is 240 g/mol. The van der Waals surface area contributed by atoms with Gasteiger partial charge in [0.2, 0.25) is 0 Å². The fourth-order valence-electron chi connectivity index (χ4n) is 2.34. The summed E-state index contributed by atoms with van der Waals surface area (Å²) >= 11 is 0. The Kier molecular flexibility index (Phi) is 4.25. The van der Waals surface area contributed by atoms with Crippen molar-refractivity contribution in [1.29, 1.82) is 0 Å². The van der Waals surface area contributed by atoms with Gasteiger partial charge in [0.25, 0.3) is 0 Å². The van der Waals surface area contributed by atoms with E-state index in [4.69, 9.17) is 4.42 Å². The van der Waals surface area contributed by atoms with Gasteiger partial charge >= 0.3 is 5.63 Å². The molecule has 0 spiro atoms. The van der Waals surface area contributed by atoms with E-state index in [1.54, 1.807) is 6.07 Å². The molecule has 1 heterocycles. The van der Waals surface area contributed by atoms with Crippen LogP contribution in [0.15, 0.2) is 27.4 Å². The molecule has 0 saturated carbocycles.